The molecular formula is C19H15ClF3N5O3. The minimum Gasteiger partial charge on any atom is -0.481 e. The lowest BCUT2D eigenvalue weighted by Gasteiger charge is -2.25. The standard InChI is InChI=1S/C19H15ClF3N5O3/c1-29-17-11(8-26-18(28-17)30-2)5-15-25-9-14(16(27-15)19(21,22)23)31-13-4-10(7-24)3-12(20)6-13/h3-4,6,8-9,16H,5H2,1-2H3,(H,25,27). The van der Waals surface area contributed by atoms with Gasteiger partial charge >= 0.3 is 12.2 Å². The molecule has 0 spiro atoms. The molecule has 0 aliphatic carbocycles. The summed E-state index contributed by atoms with van der Waals surface area (Å²) in [6.07, 6.45) is -2.34. The highest BCUT2D eigenvalue weighted by Gasteiger charge is 2.45. The van der Waals surface area contributed by atoms with Crippen LogP contribution in [0.15, 0.2) is 41.3 Å². The van der Waals surface area contributed by atoms with Crippen molar-refractivity contribution in [2.24, 2.45) is 4.99 Å². The smallest absolute Gasteiger partial charge is 0.418 e. The normalized spacial score (nSPS) is 15.8. The lowest BCUT2D eigenvalue weighted by molar-refractivity contribution is -0.144. The first-order valence-corrected chi connectivity index (χ1v) is 9.03. The van der Waals surface area contributed by atoms with Gasteiger partial charge in [0.25, 0.3) is 0 Å². The fourth-order valence-electron chi connectivity index (χ4n) is 2.68. The molecule has 31 heavy (non-hydrogen) atoms. The minimum atomic E-state index is -4.73. The maximum absolute atomic E-state index is 13.7. The topological polar surface area (TPSA) is 102 Å². The van der Waals surface area contributed by atoms with Crippen LogP contribution < -0.4 is 19.5 Å². The molecule has 0 saturated carbocycles. The third-order valence-electron chi connectivity index (χ3n) is 4.02. The number of benzene rings is 1. The van der Waals surface area contributed by atoms with Gasteiger partial charge in [0, 0.05) is 29.4 Å². The number of nitrogens with zero attached hydrogens (tertiary/aromatic N) is 4. The van der Waals surface area contributed by atoms with E-state index in [4.69, 9.17) is 31.1 Å². The Kier molecular flexibility index (Phi) is 6.50. The van der Waals surface area contributed by atoms with Crippen molar-refractivity contribution >= 4 is 17.4 Å². The van der Waals surface area contributed by atoms with Crippen LogP contribution in [0.4, 0.5) is 13.2 Å². The molecule has 1 aromatic carbocycles. The largest absolute Gasteiger partial charge is 0.481 e. The van der Waals surface area contributed by atoms with Gasteiger partial charge in [0.05, 0.1) is 25.9 Å². The number of amidine groups is 1. The Labute approximate surface area is 179 Å². The van der Waals surface area contributed by atoms with Crippen LogP contribution in [0.5, 0.6) is 17.6 Å². The Balaban J connectivity index is 1.86. The van der Waals surface area contributed by atoms with Crippen molar-refractivity contribution in [3.05, 3.63) is 52.5 Å². The summed E-state index contributed by atoms with van der Waals surface area (Å²) in [6, 6.07) is 3.59. The number of halogens is 4. The van der Waals surface area contributed by atoms with E-state index in [0.717, 1.165) is 6.20 Å². The van der Waals surface area contributed by atoms with Crippen LogP contribution in [-0.2, 0) is 6.42 Å². The van der Waals surface area contributed by atoms with Crippen molar-refractivity contribution in [3.63, 3.8) is 0 Å². The van der Waals surface area contributed by atoms with Gasteiger partial charge in [-0.2, -0.15) is 23.4 Å². The number of hydrogen-bond donors (Lipinski definition) is 1. The third-order valence-corrected chi connectivity index (χ3v) is 4.24. The monoisotopic (exact) mass is 453 g/mol. The molecule has 1 aromatic heterocycles. The van der Waals surface area contributed by atoms with Gasteiger partial charge in [0.2, 0.25) is 11.9 Å². The molecule has 1 unspecified atom stereocenters. The van der Waals surface area contributed by atoms with Crippen LogP contribution in [0.2, 0.25) is 5.02 Å². The molecule has 3 rings (SSSR count). The Morgan fingerprint density at radius 3 is 2.65 bits per heavy atom. The predicted octanol–water partition coefficient (Wildman–Crippen LogP) is 3.41. The van der Waals surface area contributed by atoms with E-state index in [9.17, 15) is 13.2 Å². The highest BCUT2D eigenvalue weighted by molar-refractivity contribution is 6.30. The molecule has 0 bridgehead atoms. The summed E-state index contributed by atoms with van der Waals surface area (Å²) in [7, 11) is 2.74. The van der Waals surface area contributed by atoms with Crippen molar-refractivity contribution in [1.82, 2.24) is 15.3 Å². The summed E-state index contributed by atoms with van der Waals surface area (Å²) in [5.41, 5.74) is 0.549. The summed E-state index contributed by atoms with van der Waals surface area (Å²) in [6.45, 7) is 0. The molecule has 1 N–H and O–H groups in total. The van der Waals surface area contributed by atoms with E-state index >= 15 is 0 Å². The Morgan fingerprint density at radius 2 is 2.00 bits per heavy atom. The lowest BCUT2D eigenvalue weighted by Crippen LogP contribution is -2.39. The fraction of sp³-hybridized carbons (Fsp3) is 0.263. The molecular weight excluding hydrogens is 439 g/mol. The highest BCUT2D eigenvalue weighted by Crippen LogP contribution is 2.33. The second kappa shape index (κ2) is 9.09. The minimum absolute atomic E-state index is 0.00514. The molecule has 162 valence electrons. The molecule has 2 heterocycles. The third kappa shape index (κ3) is 5.35. The second-order valence-electron chi connectivity index (χ2n) is 6.17. The predicted molar refractivity (Wildman–Crippen MR) is 104 cm³/mol. The number of ether oxygens (including phenoxy) is 3. The van der Waals surface area contributed by atoms with Gasteiger partial charge in [-0.3, -0.25) is 4.99 Å². The second-order valence-corrected chi connectivity index (χ2v) is 6.60. The van der Waals surface area contributed by atoms with Crippen molar-refractivity contribution in [3.8, 4) is 23.7 Å². The van der Waals surface area contributed by atoms with Crippen LogP contribution in [0.25, 0.3) is 0 Å². The zero-order chi connectivity index (χ0) is 22.6. The van der Waals surface area contributed by atoms with Crippen molar-refractivity contribution in [1.29, 1.82) is 5.26 Å². The number of rotatable bonds is 6. The van der Waals surface area contributed by atoms with E-state index in [-0.39, 0.29) is 40.5 Å². The average molecular weight is 454 g/mol. The first-order valence-electron chi connectivity index (χ1n) is 8.66. The van der Waals surface area contributed by atoms with Crippen LogP contribution in [0, 0.1) is 11.3 Å². The average Bonchev–Trinajstić information content (AvgIpc) is 2.73. The van der Waals surface area contributed by atoms with E-state index in [1.807, 2.05) is 6.07 Å². The van der Waals surface area contributed by atoms with Gasteiger partial charge in [0.1, 0.15) is 11.6 Å². The quantitative estimate of drug-likeness (QED) is 0.715. The summed E-state index contributed by atoms with van der Waals surface area (Å²) in [5, 5.41) is 11.8. The van der Waals surface area contributed by atoms with E-state index in [1.54, 1.807) is 0 Å². The zero-order valence-electron chi connectivity index (χ0n) is 16.2. The van der Waals surface area contributed by atoms with E-state index in [1.165, 1.54) is 38.6 Å². The van der Waals surface area contributed by atoms with Crippen LogP contribution in [-0.4, -0.2) is 42.2 Å². The van der Waals surface area contributed by atoms with Crippen LogP contribution in [0.1, 0.15) is 11.1 Å². The first-order chi connectivity index (χ1) is 14.7. The van der Waals surface area contributed by atoms with E-state index < -0.39 is 18.0 Å². The lowest BCUT2D eigenvalue weighted by atomic mass is 10.1. The fourth-order valence-corrected chi connectivity index (χ4v) is 2.91. The maximum atomic E-state index is 13.7. The van der Waals surface area contributed by atoms with E-state index in [0.29, 0.717) is 5.56 Å². The molecule has 2 aromatic rings. The van der Waals surface area contributed by atoms with Gasteiger partial charge in [-0.1, -0.05) is 11.6 Å². The summed E-state index contributed by atoms with van der Waals surface area (Å²) >= 11 is 5.89. The highest BCUT2D eigenvalue weighted by atomic mass is 35.5. The number of nitriles is 1. The van der Waals surface area contributed by atoms with Crippen LogP contribution in [0.3, 0.4) is 0 Å². The Morgan fingerprint density at radius 1 is 1.23 bits per heavy atom. The molecule has 0 amide bonds. The molecule has 0 saturated heterocycles. The number of alkyl halides is 3. The van der Waals surface area contributed by atoms with E-state index in [2.05, 4.69) is 20.3 Å². The summed E-state index contributed by atoms with van der Waals surface area (Å²) < 4.78 is 56.4. The Bertz CT molecular complexity index is 1080. The molecule has 0 fully saturated rings. The Hall–Kier alpha value is -3.52. The van der Waals surface area contributed by atoms with Gasteiger partial charge in [-0.05, 0) is 18.2 Å². The van der Waals surface area contributed by atoms with Gasteiger partial charge in [-0.25, -0.2) is 4.98 Å². The van der Waals surface area contributed by atoms with Gasteiger partial charge in [0.15, 0.2) is 5.76 Å². The molecule has 8 nitrogen and oxygen atoms in total. The number of hydrogen-bond acceptors (Lipinski definition) is 8. The number of methoxy groups -OCH3 is 2. The van der Waals surface area contributed by atoms with Crippen molar-refractivity contribution in [2.75, 3.05) is 14.2 Å². The molecule has 1 atom stereocenters. The zero-order valence-corrected chi connectivity index (χ0v) is 17.0. The number of nitrogens with one attached hydrogen (secondary N) is 1. The SMILES string of the molecule is COc1ncc(CC2=NC(C(F)(F)F)C(Oc3cc(Cl)cc(C#N)c3)=CN2)c(OC)n1. The maximum Gasteiger partial charge on any atom is 0.418 e. The number of aromatic nitrogens is 2. The van der Waals surface area contributed by atoms with Gasteiger partial charge in [-0.15, -0.1) is 0 Å². The van der Waals surface area contributed by atoms with Crippen molar-refractivity contribution < 1.29 is 27.4 Å². The molecule has 0 radical (unpaired) electrons. The number of aliphatic imine (C=N–C) groups is 1. The summed E-state index contributed by atoms with van der Waals surface area (Å²) in [4.78, 5) is 11.7. The summed E-state index contributed by atoms with van der Waals surface area (Å²) in [5.74, 6) is -0.366. The first kappa shape index (κ1) is 22.2. The van der Waals surface area contributed by atoms with Crippen molar-refractivity contribution in [2.45, 2.75) is 18.6 Å². The molecule has 12 heteroatoms. The van der Waals surface area contributed by atoms with Crippen LogP contribution >= 0.6 is 11.6 Å². The molecule has 1 aliphatic rings. The van der Waals surface area contributed by atoms with Gasteiger partial charge < -0.3 is 19.5 Å². The molecule has 1 aliphatic heterocycles.